The Hall–Kier alpha value is -0.0400. The molecule has 1 N–H and O–H groups in total. The second-order valence-electron chi connectivity index (χ2n) is 7.30. The Morgan fingerprint density at radius 1 is 1.06 bits per heavy atom. The molecule has 0 bridgehead atoms. The molecule has 0 radical (unpaired) electrons. The van der Waals surface area contributed by atoms with Gasteiger partial charge >= 0.3 is 0 Å². The van der Waals surface area contributed by atoms with Crippen LogP contribution < -0.4 is 5.32 Å². The summed E-state index contributed by atoms with van der Waals surface area (Å²) in [5.74, 6) is 1.86. The van der Waals surface area contributed by atoms with Gasteiger partial charge in [-0.15, -0.1) is 0 Å². The van der Waals surface area contributed by atoms with Crippen molar-refractivity contribution in [1.29, 1.82) is 0 Å². The van der Waals surface area contributed by atoms with Crippen molar-refractivity contribution >= 4 is 0 Å². The van der Waals surface area contributed by atoms with Gasteiger partial charge in [0, 0.05) is 6.04 Å². The molecule has 1 rings (SSSR count). The zero-order chi connectivity index (χ0) is 13.6. The lowest BCUT2D eigenvalue weighted by Crippen LogP contribution is -2.36. The Morgan fingerprint density at radius 2 is 1.78 bits per heavy atom. The maximum absolute atomic E-state index is 3.77. The fraction of sp³-hybridized carbons (Fsp3) is 1.00. The molecule has 1 aliphatic carbocycles. The van der Waals surface area contributed by atoms with E-state index < -0.39 is 0 Å². The van der Waals surface area contributed by atoms with Crippen LogP contribution in [0.15, 0.2) is 0 Å². The molecule has 18 heavy (non-hydrogen) atoms. The number of hydrogen-bond acceptors (Lipinski definition) is 1. The second-order valence-corrected chi connectivity index (χ2v) is 7.30. The van der Waals surface area contributed by atoms with Crippen LogP contribution in [0, 0.1) is 17.3 Å². The van der Waals surface area contributed by atoms with E-state index in [-0.39, 0.29) is 0 Å². The fourth-order valence-electron chi connectivity index (χ4n) is 3.57. The third-order valence-corrected chi connectivity index (χ3v) is 4.90. The maximum Gasteiger partial charge on any atom is 0.00926 e. The number of rotatable bonds is 5. The van der Waals surface area contributed by atoms with E-state index in [2.05, 4.69) is 39.9 Å². The summed E-state index contributed by atoms with van der Waals surface area (Å²) >= 11 is 0. The van der Waals surface area contributed by atoms with Gasteiger partial charge < -0.3 is 5.32 Å². The van der Waals surface area contributed by atoms with Crippen LogP contribution >= 0.6 is 0 Å². The van der Waals surface area contributed by atoms with Gasteiger partial charge in [0.25, 0.3) is 0 Å². The van der Waals surface area contributed by atoms with E-state index in [1.54, 1.807) is 0 Å². The first-order valence-electron chi connectivity index (χ1n) is 8.22. The molecule has 0 aromatic carbocycles. The van der Waals surface area contributed by atoms with Gasteiger partial charge in [-0.3, -0.25) is 0 Å². The highest BCUT2D eigenvalue weighted by atomic mass is 14.9. The molecule has 1 aliphatic rings. The lowest BCUT2D eigenvalue weighted by Gasteiger charge is -2.30. The van der Waals surface area contributed by atoms with Crippen LogP contribution in [-0.2, 0) is 0 Å². The molecule has 0 spiro atoms. The summed E-state index contributed by atoms with van der Waals surface area (Å²) in [5, 5.41) is 3.77. The average molecular weight is 253 g/mol. The zero-order valence-electron chi connectivity index (χ0n) is 13.4. The molecule has 3 unspecified atom stereocenters. The second kappa shape index (κ2) is 7.53. The van der Waals surface area contributed by atoms with E-state index in [1.165, 1.54) is 51.5 Å². The van der Waals surface area contributed by atoms with Crippen LogP contribution in [0.1, 0.15) is 79.6 Å². The first kappa shape index (κ1) is 16.0. The zero-order valence-corrected chi connectivity index (χ0v) is 13.4. The van der Waals surface area contributed by atoms with Gasteiger partial charge in [0.15, 0.2) is 0 Å². The van der Waals surface area contributed by atoms with E-state index in [1.807, 2.05) is 0 Å². The molecule has 3 atom stereocenters. The van der Waals surface area contributed by atoms with Crippen molar-refractivity contribution < 1.29 is 0 Å². The van der Waals surface area contributed by atoms with Gasteiger partial charge in [-0.25, -0.2) is 0 Å². The molecular formula is C17H35N. The minimum Gasteiger partial charge on any atom is -0.314 e. The Balaban J connectivity index is 2.49. The van der Waals surface area contributed by atoms with E-state index in [0.29, 0.717) is 5.41 Å². The largest absolute Gasteiger partial charge is 0.314 e. The van der Waals surface area contributed by atoms with Crippen LogP contribution in [0.5, 0.6) is 0 Å². The predicted octanol–water partition coefficient (Wildman–Crippen LogP) is 5.01. The summed E-state index contributed by atoms with van der Waals surface area (Å²) in [4.78, 5) is 0. The molecule has 1 heteroatoms. The molecule has 0 aliphatic heterocycles. The lowest BCUT2D eigenvalue weighted by molar-refractivity contribution is 0.209. The molecule has 1 nitrogen and oxygen atoms in total. The molecule has 1 saturated carbocycles. The average Bonchev–Trinajstić information content (AvgIpc) is 2.55. The van der Waals surface area contributed by atoms with Crippen LogP contribution in [0.4, 0.5) is 0 Å². The quantitative estimate of drug-likeness (QED) is 0.679. The monoisotopic (exact) mass is 253 g/mol. The minimum absolute atomic E-state index is 0.507. The topological polar surface area (TPSA) is 12.0 Å². The Morgan fingerprint density at radius 3 is 2.33 bits per heavy atom. The third kappa shape index (κ3) is 4.91. The third-order valence-electron chi connectivity index (χ3n) is 4.90. The van der Waals surface area contributed by atoms with Crippen molar-refractivity contribution in [3.8, 4) is 0 Å². The van der Waals surface area contributed by atoms with E-state index in [4.69, 9.17) is 0 Å². The highest BCUT2D eigenvalue weighted by Crippen LogP contribution is 2.39. The van der Waals surface area contributed by atoms with Crippen molar-refractivity contribution in [3.63, 3.8) is 0 Å². The van der Waals surface area contributed by atoms with Gasteiger partial charge in [-0.05, 0) is 62.3 Å². The van der Waals surface area contributed by atoms with Crippen LogP contribution in [-0.4, -0.2) is 12.6 Å². The van der Waals surface area contributed by atoms with E-state index >= 15 is 0 Å². The van der Waals surface area contributed by atoms with Gasteiger partial charge in [0.05, 0.1) is 0 Å². The van der Waals surface area contributed by atoms with Crippen LogP contribution in [0.2, 0.25) is 0 Å². The molecule has 0 amide bonds. The van der Waals surface area contributed by atoms with Gasteiger partial charge in [0.2, 0.25) is 0 Å². The van der Waals surface area contributed by atoms with Crippen LogP contribution in [0.3, 0.4) is 0 Å². The number of hydrogen-bond donors (Lipinski definition) is 1. The molecule has 0 aromatic rings. The Bertz CT molecular complexity index is 216. The molecule has 1 fully saturated rings. The smallest absolute Gasteiger partial charge is 0.00926 e. The standard InChI is InChI=1S/C17H35N/c1-6-13-18-16(7-2)14-9-8-10-15(12-11-14)17(3,4)5/h14-16,18H,6-13H2,1-5H3. The normalized spacial score (nSPS) is 27.8. The first-order chi connectivity index (χ1) is 8.49. The predicted molar refractivity (Wildman–Crippen MR) is 81.9 cm³/mol. The number of nitrogens with one attached hydrogen (secondary N) is 1. The van der Waals surface area contributed by atoms with Crippen molar-refractivity contribution in [2.45, 2.75) is 85.6 Å². The maximum atomic E-state index is 3.77. The van der Waals surface area contributed by atoms with Gasteiger partial charge in [0.1, 0.15) is 0 Å². The summed E-state index contributed by atoms with van der Waals surface area (Å²) in [5.41, 5.74) is 0.507. The summed E-state index contributed by atoms with van der Waals surface area (Å²) in [6, 6.07) is 0.767. The van der Waals surface area contributed by atoms with Crippen LogP contribution in [0.25, 0.3) is 0 Å². The first-order valence-corrected chi connectivity index (χ1v) is 8.22. The van der Waals surface area contributed by atoms with Crippen molar-refractivity contribution in [2.24, 2.45) is 17.3 Å². The van der Waals surface area contributed by atoms with E-state index in [9.17, 15) is 0 Å². The van der Waals surface area contributed by atoms with Crippen molar-refractivity contribution in [1.82, 2.24) is 5.32 Å². The summed E-state index contributed by atoms with van der Waals surface area (Å²) in [6.07, 6.45) is 9.78. The minimum atomic E-state index is 0.507. The Labute approximate surface area is 115 Å². The van der Waals surface area contributed by atoms with Crippen molar-refractivity contribution in [2.75, 3.05) is 6.54 Å². The molecule has 0 heterocycles. The fourth-order valence-corrected chi connectivity index (χ4v) is 3.57. The summed E-state index contributed by atoms with van der Waals surface area (Å²) in [7, 11) is 0. The van der Waals surface area contributed by atoms with Gasteiger partial charge in [-0.2, -0.15) is 0 Å². The SMILES string of the molecule is CCCNC(CC)C1CCCC(C(C)(C)C)CC1. The molecular weight excluding hydrogens is 218 g/mol. The molecule has 108 valence electrons. The van der Waals surface area contributed by atoms with Gasteiger partial charge in [-0.1, -0.05) is 41.0 Å². The Kier molecular flexibility index (Phi) is 6.70. The molecule has 0 saturated heterocycles. The van der Waals surface area contributed by atoms with Crippen molar-refractivity contribution in [3.05, 3.63) is 0 Å². The lowest BCUT2D eigenvalue weighted by atomic mass is 9.76. The highest BCUT2D eigenvalue weighted by Gasteiger charge is 2.29. The highest BCUT2D eigenvalue weighted by molar-refractivity contribution is 4.83. The summed E-state index contributed by atoms with van der Waals surface area (Å²) in [6.45, 7) is 13.1. The van der Waals surface area contributed by atoms with E-state index in [0.717, 1.165) is 17.9 Å². The molecule has 0 aromatic heterocycles. The summed E-state index contributed by atoms with van der Waals surface area (Å²) < 4.78 is 0.